The number of hydrogen-bond acceptors (Lipinski definition) is 4. The smallest absolute Gasteiger partial charge is 0.252 e. The number of carbonyl (C=O) groups is 2. The zero-order chi connectivity index (χ0) is 21.3. The van der Waals surface area contributed by atoms with E-state index in [0.29, 0.717) is 35.2 Å². The zero-order valence-corrected chi connectivity index (χ0v) is 18.0. The Labute approximate surface area is 181 Å². The number of rotatable bonds is 4. The van der Waals surface area contributed by atoms with Gasteiger partial charge in [0.1, 0.15) is 5.82 Å². The van der Waals surface area contributed by atoms with Crippen LogP contribution in [0.4, 0.5) is 0 Å². The molecule has 2 amide bonds. The van der Waals surface area contributed by atoms with E-state index in [-0.39, 0.29) is 11.8 Å². The summed E-state index contributed by atoms with van der Waals surface area (Å²) in [5.74, 6) is 0.430. The van der Waals surface area contributed by atoms with Crippen LogP contribution in [0.1, 0.15) is 71.9 Å². The Bertz CT molecular complexity index is 954. The van der Waals surface area contributed by atoms with Crippen LogP contribution in [0.15, 0.2) is 30.5 Å². The summed E-state index contributed by atoms with van der Waals surface area (Å²) in [4.78, 5) is 36.1. The third-order valence-electron chi connectivity index (χ3n) is 6.62. The molecule has 2 fully saturated rings. The maximum atomic E-state index is 13.8. The Balaban J connectivity index is 1.56. The Kier molecular flexibility index (Phi) is 5.78. The molecule has 1 saturated heterocycles. The van der Waals surface area contributed by atoms with Crippen LogP contribution >= 0.6 is 11.6 Å². The number of nitrogens with zero attached hydrogens (tertiary/aromatic N) is 3. The fourth-order valence-corrected chi connectivity index (χ4v) is 5.06. The normalized spacial score (nSPS) is 20.9. The second kappa shape index (κ2) is 8.34. The molecule has 4 rings (SSSR count). The van der Waals surface area contributed by atoms with Crippen LogP contribution in [0.3, 0.4) is 0 Å². The first kappa shape index (κ1) is 20.8. The van der Waals surface area contributed by atoms with E-state index in [4.69, 9.17) is 17.3 Å². The van der Waals surface area contributed by atoms with E-state index in [1.54, 1.807) is 6.92 Å². The lowest BCUT2D eigenvalue weighted by atomic mass is 9.68. The van der Waals surface area contributed by atoms with E-state index in [0.717, 1.165) is 37.7 Å². The summed E-state index contributed by atoms with van der Waals surface area (Å²) in [6.45, 7) is 3.06. The molecule has 0 spiro atoms. The highest BCUT2D eigenvalue weighted by molar-refractivity contribution is 6.30. The predicted molar refractivity (Wildman–Crippen MR) is 115 cm³/mol. The first-order chi connectivity index (χ1) is 14.4. The van der Waals surface area contributed by atoms with Crippen molar-refractivity contribution in [3.8, 4) is 0 Å². The number of nitrogens with two attached hydrogens (primary N) is 1. The third kappa shape index (κ3) is 3.81. The van der Waals surface area contributed by atoms with Crippen LogP contribution < -0.4 is 5.73 Å². The first-order valence-electron chi connectivity index (χ1n) is 10.6. The van der Waals surface area contributed by atoms with Gasteiger partial charge in [-0.15, -0.1) is 0 Å². The van der Waals surface area contributed by atoms with Crippen LogP contribution in [0.2, 0.25) is 5.02 Å². The quantitative estimate of drug-likeness (QED) is 0.806. The van der Waals surface area contributed by atoms with Gasteiger partial charge >= 0.3 is 0 Å². The maximum Gasteiger partial charge on any atom is 0.252 e. The minimum absolute atomic E-state index is 0.0698. The van der Waals surface area contributed by atoms with Crippen molar-refractivity contribution in [1.82, 2.24) is 14.9 Å². The lowest BCUT2D eigenvalue weighted by molar-refractivity contribution is -0.137. The molecule has 6 nitrogen and oxygen atoms in total. The summed E-state index contributed by atoms with van der Waals surface area (Å²) in [7, 11) is 0. The molecule has 1 aliphatic carbocycles. The van der Waals surface area contributed by atoms with Gasteiger partial charge in [-0.1, -0.05) is 43.0 Å². The number of aryl methyl sites for hydroxylation is 1. The fraction of sp³-hybridized carbons (Fsp3) is 0.478. The molecule has 158 valence electrons. The predicted octanol–water partition coefficient (Wildman–Crippen LogP) is 3.76. The summed E-state index contributed by atoms with van der Waals surface area (Å²) in [6.07, 6.45) is 7.35. The number of hydrogen-bond donors (Lipinski definition) is 1. The van der Waals surface area contributed by atoms with Gasteiger partial charge in [-0.3, -0.25) is 9.59 Å². The molecular weight excluding hydrogens is 400 g/mol. The molecule has 0 radical (unpaired) electrons. The molecule has 1 atom stereocenters. The highest BCUT2D eigenvalue weighted by atomic mass is 35.5. The average Bonchev–Trinajstić information content (AvgIpc) is 3.24. The number of carbonyl (C=O) groups excluding carboxylic acids is 2. The standard InChI is InChI=1S/C23H27ClN4O2/c1-15-19(20(25)29)13-26-21(27-15)16-9-12-28(14-16)22(30)23(10-3-2-4-11-23)17-5-7-18(24)8-6-17/h5-8,13,16H,2-4,9-12,14H2,1H3,(H2,25,29)/t16-/m1/s1. The molecule has 1 aliphatic heterocycles. The van der Waals surface area contributed by atoms with E-state index in [1.807, 2.05) is 29.2 Å². The summed E-state index contributed by atoms with van der Waals surface area (Å²) < 4.78 is 0. The highest BCUT2D eigenvalue weighted by Crippen LogP contribution is 2.42. The van der Waals surface area contributed by atoms with Crippen molar-refractivity contribution in [2.45, 2.75) is 56.8 Å². The molecule has 7 heteroatoms. The molecule has 0 bridgehead atoms. The third-order valence-corrected chi connectivity index (χ3v) is 6.87. The zero-order valence-electron chi connectivity index (χ0n) is 17.2. The molecule has 1 aromatic carbocycles. The topological polar surface area (TPSA) is 89.2 Å². The number of aromatic nitrogens is 2. The largest absolute Gasteiger partial charge is 0.365 e. The Morgan fingerprint density at radius 3 is 2.50 bits per heavy atom. The van der Waals surface area contributed by atoms with Gasteiger partial charge in [0.25, 0.3) is 5.91 Å². The highest BCUT2D eigenvalue weighted by Gasteiger charge is 2.45. The Morgan fingerprint density at radius 1 is 1.17 bits per heavy atom. The van der Waals surface area contributed by atoms with Gasteiger partial charge in [-0.25, -0.2) is 9.97 Å². The van der Waals surface area contributed by atoms with Crippen LogP contribution in [0, 0.1) is 6.92 Å². The SMILES string of the molecule is Cc1nc([C@@H]2CCN(C(=O)C3(c4ccc(Cl)cc4)CCCCC3)C2)ncc1C(N)=O. The molecule has 0 unspecified atom stereocenters. The van der Waals surface area contributed by atoms with Crippen molar-refractivity contribution in [1.29, 1.82) is 0 Å². The molecule has 2 heterocycles. The summed E-state index contributed by atoms with van der Waals surface area (Å²) in [5, 5.41) is 0.685. The second-order valence-corrected chi connectivity index (χ2v) is 8.91. The van der Waals surface area contributed by atoms with Gasteiger partial charge in [-0.2, -0.15) is 0 Å². The van der Waals surface area contributed by atoms with E-state index in [1.165, 1.54) is 12.6 Å². The van der Waals surface area contributed by atoms with Crippen molar-refractivity contribution >= 4 is 23.4 Å². The van der Waals surface area contributed by atoms with Gasteiger partial charge in [-0.05, 0) is 43.9 Å². The van der Waals surface area contributed by atoms with Gasteiger partial charge in [0.05, 0.1) is 16.7 Å². The second-order valence-electron chi connectivity index (χ2n) is 8.48. The Hall–Kier alpha value is -2.47. The maximum absolute atomic E-state index is 13.8. The minimum Gasteiger partial charge on any atom is -0.365 e. The van der Waals surface area contributed by atoms with E-state index in [9.17, 15) is 9.59 Å². The van der Waals surface area contributed by atoms with Crippen molar-refractivity contribution in [2.75, 3.05) is 13.1 Å². The van der Waals surface area contributed by atoms with Crippen molar-refractivity contribution in [3.63, 3.8) is 0 Å². The molecule has 30 heavy (non-hydrogen) atoms. The van der Waals surface area contributed by atoms with Crippen LogP contribution in [0.5, 0.6) is 0 Å². The Morgan fingerprint density at radius 2 is 1.87 bits per heavy atom. The minimum atomic E-state index is -0.524. The molecular formula is C23H27ClN4O2. The van der Waals surface area contributed by atoms with Crippen molar-refractivity contribution in [3.05, 3.63) is 58.1 Å². The molecule has 2 aromatic rings. The number of likely N-dealkylation sites (tertiary alicyclic amines) is 1. The van der Waals surface area contributed by atoms with Gasteiger partial charge in [0.15, 0.2) is 0 Å². The summed E-state index contributed by atoms with van der Waals surface area (Å²) in [5.41, 5.74) is 6.89. The van der Waals surface area contributed by atoms with Gasteiger partial charge in [0.2, 0.25) is 5.91 Å². The fourth-order valence-electron chi connectivity index (χ4n) is 4.93. The lowest BCUT2D eigenvalue weighted by Crippen LogP contribution is -2.47. The number of halogens is 1. The first-order valence-corrected chi connectivity index (χ1v) is 11.0. The van der Waals surface area contributed by atoms with E-state index < -0.39 is 11.3 Å². The monoisotopic (exact) mass is 426 g/mol. The van der Waals surface area contributed by atoms with Crippen molar-refractivity contribution < 1.29 is 9.59 Å². The lowest BCUT2D eigenvalue weighted by Gasteiger charge is -2.39. The van der Waals surface area contributed by atoms with E-state index >= 15 is 0 Å². The summed E-state index contributed by atoms with van der Waals surface area (Å²) in [6, 6.07) is 7.77. The van der Waals surface area contributed by atoms with Crippen LogP contribution in [-0.4, -0.2) is 39.8 Å². The molecule has 2 aliphatic rings. The number of primary amides is 1. The number of amides is 2. The van der Waals surface area contributed by atoms with E-state index in [2.05, 4.69) is 9.97 Å². The average molecular weight is 427 g/mol. The van der Waals surface area contributed by atoms with Crippen LogP contribution in [0.25, 0.3) is 0 Å². The molecule has 1 saturated carbocycles. The summed E-state index contributed by atoms with van der Waals surface area (Å²) >= 11 is 6.09. The number of benzene rings is 1. The molecule has 1 aromatic heterocycles. The van der Waals surface area contributed by atoms with Crippen LogP contribution in [-0.2, 0) is 10.2 Å². The van der Waals surface area contributed by atoms with Gasteiger partial charge < -0.3 is 10.6 Å². The van der Waals surface area contributed by atoms with Crippen molar-refractivity contribution in [2.24, 2.45) is 5.73 Å². The molecule has 2 N–H and O–H groups in total. The van der Waals surface area contributed by atoms with Gasteiger partial charge in [0, 0.05) is 30.2 Å².